The van der Waals surface area contributed by atoms with E-state index in [0.29, 0.717) is 10.6 Å². The van der Waals surface area contributed by atoms with Gasteiger partial charge in [-0.3, -0.25) is 14.4 Å². The van der Waals surface area contributed by atoms with Crippen molar-refractivity contribution in [3.05, 3.63) is 100 Å². The molecule has 16 heteroatoms. The van der Waals surface area contributed by atoms with E-state index in [-0.39, 0.29) is 49.1 Å². The first kappa shape index (κ1) is 36.5. The Balaban J connectivity index is 1.32. The highest BCUT2D eigenvalue weighted by Crippen LogP contribution is 2.23. The van der Waals surface area contributed by atoms with Crippen molar-refractivity contribution in [2.75, 3.05) is 30.3 Å². The fraction of sp³-hybridized carbons (Fsp3) is 0.273. The standard InChI is InChI=1S/C33H32ClF4N7O4/c1-32(2,18-42-30(48)25(46)13-21-4-3-5-24(35)12-21)17-41-29(47)22-8-11-26(40-16-22)43-28-14-27(39-15-20-6-9-23(34)10-7-20)44-31(45-28)49-19-33(36,37)38/h3-12,14,16H,13,15,17-19H2,1-2H3,(H,41,47)(H,42,48)(H2,39,40,43,44,45). The lowest BCUT2D eigenvalue weighted by molar-refractivity contribution is -0.154. The van der Waals surface area contributed by atoms with Gasteiger partial charge in [0.05, 0.1) is 5.56 Å². The minimum Gasteiger partial charge on any atom is -0.454 e. The highest BCUT2D eigenvalue weighted by Gasteiger charge is 2.29. The molecule has 49 heavy (non-hydrogen) atoms. The zero-order valence-electron chi connectivity index (χ0n) is 26.3. The van der Waals surface area contributed by atoms with Crippen molar-refractivity contribution in [2.45, 2.75) is 33.0 Å². The van der Waals surface area contributed by atoms with Crippen LogP contribution in [0, 0.1) is 11.2 Å². The van der Waals surface area contributed by atoms with Crippen molar-refractivity contribution in [1.82, 2.24) is 25.6 Å². The van der Waals surface area contributed by atoms with Crippen LogP contribution < -0.4 is 26.0 Å². The summed E-state index contributed by atoms with van der Waals surface area (Å²) in [5, 5.41) is 11.7. The van der Waals surface area contributed by atoms with Gasteiger partial charge in [-0.2, -0.15) is 23.1 Å². The molecule has 4 aromatic rings. The summed E-state index contributed by atoms with van der Waals surface area (Å²) in [6.45, 7) is 2.47. The molecule has 0 aliphatic rings. The lowest BCUT2D eigenvalue weighted by atomic mass is 9.93. The topological polar surface area (TPSA) is 147 Å². The summed E-state index contributed by atoms with van der Waals surface area (Å²) < 4.78 is 56.5. The third-order valence-corrected chi connectivity index (χ3v) is 6.95. The fourth-order valence-electron chi connectivity index (χ4n) is 4.13. The Labute approximate surface area is 283 Å². The summed E-state index contributed by atoms with van der Waals surface area (Å²) >= 11 is 5.92. The van der Waals surface area contributed by atoms with Gasteiger partial charge in [0.2, 0.25) is 5.78 Å². The van der Waals surface area contributed by atoms with Crippen LogP contribution in [0.2, 0.25) is 5.02 Å². The molecule has 0 saturated heterocycles. The Morgan fingerprint density at radius 2 is 1.57 bits per heavy atom. The maximum atomic E-state index is 13.4. The van der Waals surface area contributed by atoms with E-state index >= 15 is 0 Å². The molecule has 0 aliphatic carbocycles. The molecular formula is C33H32ClF4N7O4. The number of anilines is 3. The van der Waals surface area contributed by atoms with Gasteiger partial charge in [0.1, 0.15) is 23.3 Å². The van der Waals surface area contributed by atoms with E-state index in [1.165, 1.54) is 42.6 Å². The third-order valence-electron chi connectivity index (χ3n) is 6.70. The van der Waals surface area contributed by atoms with Crippen LogP contribution in [0.4, 0.5) is 35.0 Å². The Bertz CT molecular complexity index is 1770. The highest BCUT2D eigenvalue weighted by molar-refractivity contribution is 6.36. The molecule has 0 unspecified atom stereocenters. The van der Waals surface area contributed by atoms with Crippen LogP contribution in [0.3, 0.4) is 0 Å². The van der Waals surface area contributed by atoms with E-state index in [1.807, 2.05) is 0 Å². The van der Waals surface area contributed by atoms with Crippen LogP contribution in [0.1, 0.15) is 35.3 Å². The summed E-state index contributed by atoms with van der Waals surface area (Å²) in [7, 11) is 0. The Morgan fingerprint density at radius 1 is 0.857 bits per heavy atom. The molecule has 0 fully saturated rings. The molecule has 2 amide bonds. The van der Waals surface area contributed by atoms with Crippen LogP contribution in [-0.2, 0) is 22.6 Å². The van der Waals surface area contributed by atoms with Gasteiger partial charge in [-0.05, 0) is 52.9 Å². The molecule has 258 valence electrons. The number of benzene rings is 2. The van der Waals surface area contributed by atoms with Crippen molar-refractivity contribution >= 4 is 46.7 Å². The van der Waals surface area contributed by atoms with Crippen LogP contribution in [-0.4, -0.2) is 58.4 Å². The van der Waals surface area contributed by atoms with Gasteiger partial charge < -0.3 is 26.0 Å². The maximum Gasteiger partial charge on any atom is 0.422 e. The quantitative estimate of drug-likeness (QED) is 0.0913. The van der Waals surface area contributed by atoms with Crippen molar-refractivity contribution < 1.29 is 36.7 Å². The monoisotopic (exact) mass is 701 g/mol. The molecule has 0 aliphatic heterocycles. The van der Waals surface area contributed by atoms with Gasteiger partial charge in [-0.25, -0.2) is 9.37 Å². The number of halogens is 5. The lowest BCUT2D eigenvalue weighted by Crippen LogP contribution is -2.44. The minimum absolute atomic E-state index is 0.0757. The van der Waals surface area contributed by atoms with Gasteiger partial charge in [0.15, 0.2) is 6.61 Å². The molecule has 4 rings (SSSR count). The number of hydrogen-bond acceptors (Lipinski definition) is 9. The number of carbonyl (C=O) groups excluding carboxylic acids is 3. The molecule has 2 aromatic heterocycles. The first-order valence-corrected chi connectivity index (χ1v) is 15.2. The summed E-state index contributed by atoms with van der Waals surface area (Å²) in [5.74, 6) is -2.02. The van der Waals surface area contributed by atoms with Gasteiger partial charge in [0.25, 0.3) is 11.8 Å². The molecule has 4 N–H and O–H groups in total. The van der Waals surface area contributed by atoms with Crippen LogP contribution >= 0.6 is 11.6 Å². The lowest BCUT2D eigenvalue weighted by Gasteiger charge is -2.25. The number of Topliss-reactive ketones (excluding diaryl/α,β-unsaturated/α-hetero) is 1. The molecule has 2 heterocycles. The van der Waals surface area contributed by atoms with Gasteiger partial charge >= 0.3 is 12.2 Å². The Hall–Kier alpha value is -5.31. The van der Waals surface area contributed by atoms with Crippen molar-refractivity contribution in [1.29, 1.82) is 0 Å². The number of ether oxygens (including phenoxy) is 1. The van der Waals surface area contributed by atoms with E-state index in [9.17, 15) is 31.9 Å². The molecule has 0 radical (unpaired) electrons. The molecule has 0 saturated carbocycles. The molecule has 0 atom stereocenters. The number of pyridine rings is 1. The zero-order valence-corrected chi connectivity index (χ0v) is 27.1. The predicted octanol–water partition coefficient (Wildman–Crippen LogP) is 5.64. The number of nitrogens with one attached hydrogen (secondary N) is 4. The van der Waals surface area contributed by atoms with E-state index in [0.717, 1.165) is 5.56 Å². The molecule has 11 nitrogen and oxygen atoms in total. The van der Waals surface area contributed by atoms with Crippen molar-refractivity contribution in [2.24, 2.45) is 5.41 Å². The number of nitrogens with zero attached hydrogens (tertiary/aromatic N) is 3. The minimum atomic E-state index is -4.60. The normalized spacial score (nSPS) is 11.4. The molecule has 0 spiro atoms. The summed E-state index contributed by atoms with van der Waals surface area (Å²) in [4.78, 5) is 49.5. The fourth-order valence-corrected chi connectivity index (χ4v) is 4.26. The van der Waals surface area contributed by atoms with E-state index < -0.39 is 47.6 Å². The van der Waals surface area contributed by atoms with Gasteiger partial charge in [-0.1, -0.05) is 49.7 Å². The van der Waals surface area contributed by atoms with Crippen LogP contribution in [0.15, 0.2) is 72.9 Å². The molecular weight excluding hydrogens is 670 g/mol. The number of ketones is 1. The average molecular weight is 702 g/mol. The highest BCUT2D eigenvalue weighted by atomic mass is 35.5. The Morgan fingerprint density at radius 3 is 2.24 bits per heavy atom. The Kier molecular flexibility index (Phi) is 12.1. The number of alkyl halides is 3. The summed E-state index contributed by atoms with van der Waals surface area (Å²) in [6.07, 6.45) is -3.56. The first-order valence-electron chi connectivity index (χ1n) is 14.8. The van der Waals surface area contributed by atoms with E-state index in [2.05, 4.69) is 36.2 Å². The smallest absolute Gasteiger partial charge is 0.422 e. The number of rotatable bonds is 15. The number of hydrogen-bond donors (Lipinski definition) is 4. The van der Waals surface area contributed by atoms with E-state index in [1.54, 1.807) is 44.2 Å². The number of aromatic nitrogens is 3. The van der Waals surface area contributed by atoms with E-state index in [4.69, 9.17) is 16.3 Å². The summed E-state index contributed by atoms with van der Waals surface area (Å²) in [5.41, 5.74) is 0.784. The molecule has 0 bridgehead atoms. The largest absolute Gasteiger partial charge is 0.454 e. The molecule has 2 aromatic carbocycles. The van der Waals surface area contributed by atoms with Gasteiger partial charge in [-0.15, -0.1) is 0 Å². The van der Waals surface area contributed by atoms with Crippen LogP contribution in [0.5, 0.6) is 6.01 Å². The van der Waals surface area contributed by atoms with Crippen molar-refractivity contribution in [3.63, 3.8) is 0 Å². The maximum absolute atomic E-state index is 13.4. The average Bonchev–Trinajstić information content (AvgIpc) is 3.05. The number of amides is 2. The predicted molar refractivity (Wildman–Crippen MR) is 174 cm³/mol. The number of carbonyl (C=O) groups is 3. The van der Waals surface area contributed by atoms with Crippen LogP contribution in [0.25, 0.3) is 0 Å². The summed E-state index contributed by atoms with van der Waals surface area (Å²) in [6, 6.07) is 16.3. The first-order chi connectivity index (χ1) is 23.1. The van der Waals surface area contributed by atoms with Gasteiger partial charge in [0, 0.05) is 43.3 Å². The second kappa shape index (κ2) is 16.2. The zero-order chi connectivity index (χ0) is 35.6. The van der Waals surface area contributed by atoms with Crippen molar-refractivity contribution in [3.8, 4) is 6.01 Å². The third kappa shape index (κ3) is 12.3. The second-order valence-electron chi connectivity index (χ2n) is 11.6. The second-order valence-corrected chi connectivity index (χ2v) is 12.1. The SMILES string of the molecule is CC(C)(CNC(=O)C(=O)Cc1cccc(F)c1)CNC(=O)c1ccc(Nc2cc(NCc3ccc(Cl)cc3)nc(OCC(F)(F)F)n2)nc1.